The Morgan fingerprint density at radius 1 is 1.18 bits per heavy atom. The zero-order valence-corrected chi connectivity index (χ0v) is 18.1. The predicted octanol–water partition coefficient (Wildman–Crippen LogP) is 3.45. The minimum atomic E-state index is -0.426. The highest BCUT2D eigenvalue weighted by molar-refractivity contribution is 6.02. The molecule has 0 aliphatic heterocycles. The van der Waals surface area contributed by atoms with E-state index in [9.17, 15) is 14.0 Å². The van der Waals surface area contributed by atoms with Gasteiger partial charge in [-0.15, -0.1) is 0 Å². The molecule has 1 aliphatic carbocycles. The molecule has 1 aromatic carbocycles. The second-order valence-electron chi connectivity index (χ2n) is 8.42. The van der Waals surface area contributed by atoms with Crippen LogP contribution in [-0.4, -0.2) is 30.4 Å². The zero-order chi connectivity index (χ0) is 22.9. The number of imidazole rings is 1. The molecule has 1 amide bonds. The van der Waals surface area contributed by atoms with E-state index in [1.807, 2.05) is 0 Å². The van der Waals surface area contributed by atoms with E-state index in [1.165, 1.54) is 41.9 Å². The van der Waals surface area contributed by atoms with Gasteiger partial charge in [0.2, 0.25) is 5.56 Å². The summed E-state index contributed by atoms with van der Waals surface area (Å²) in [5.74, 6) is 0.393. The second kappa shape index (κ2) is 8.57. The number of amides is 1. The molecule has 0 radical (unpaired) electrons. The van der Waals surface area contributed by atoms with E-state index < -0.39 is 11.7 Å². The van der Waals surface area contributed by atoms with Gasteiger partial charge >= 0.3 is 0 Å². The van der Waals surface area contributed by atoms with Crippen molar-refractivity contribution in [1.82, 2.24) is 29.8 Å². The quantitative estimate of drug-likeness (QED) is 0.489. The monoisotopic (exact) mass is 446 g/mol. The Kier molecular flexibility index (Phi) is 5.45. The van der Waals surface area contributed by atoms with Gasteiger partial charge in [-0.2, -0.15) is 0 Å². The van der Waals surface area contributed by atoms with Crippen LogP contribution in [0.2, 0.25) is 0 Å². The van der Waals surface area contributed by atoms with Gasteiger partial charge in [0.15, 0.2) is 11.3 Å². The van der Waals surface area contributed by atoms with Crippen LogP contribution in [0.4, 0.5) is 4.39 Å². The van der Waals surface area contributed by atoms with Gasteiger partial charge in [0.05, 0.1) is 0 Å². The molecule has 9 heteroatoms. The van der Waals surface area contributed by atoms with E-state index in [1.54, 1.807) is 25.4 Å². The number of hydrogen-bond donors (Lipinski definition) is 2. The predicted molar refractivity (Wildman–Crippen MR) is 121 cm³/mol. The zero-order valence-electron chi connectivity index (χ0n) is 18.1. The van der Waals surface area contributed by atoms with Crippen LogP contribution in [0.25, 0.3) is 22.3 Å². The highest BCUT2D eigenvalue weighted by atomic mass is 19.1. The lowest BCUT2D eigenvalue weighted by molar-refractivity contribution is 0.0947. The molecule has 33 heavy (non-hydrogen) atoms. The number of aromatic amines is 1. The Hall–Kier alpha value is -3.88. The lowest BCUT2D eigenvalue weighted by atomic mass is 10.0. The van der Waals surface area contributed by atoms with Crippen LogP contribution in [0, 0.1) is 5.82 Å². The molecule has 1 aliphatic rings. The second-order valence-corrected chi connectivity index (χ2v) is 8.42. The van der Waals surface area contributed by atoms with Gasteiger partial charge in [-0.3, -0.25) is 9.59 Å². The molecule has 0 unspecified atom stereocenters. The Labute approximate surface area is 188 Å². The minimum absolute atomic E-state index is 0.116. The summed E-state index contributed by atoms with van der Waals surface area (Å²) in [7, 11) is 1.64. The van der Waals surface area contributed by atoms with E-state index in [0.717, 1.165) is 18.7 Å². The number of aromatic nitrogens is 5. The molecule has 3 aromatic heterocycles. The number of rotatable bonds is 5. The fourth-order valence-electron chi connectivity index (χ4n) is 4.36. The topological polar surface area (TPSA) is 106 Å². The average molecular weight is 446 g/mol. The number of nitrogens with one attached hydrogen (secondary N) is 2. The number of carbonyl (C=O) groups excluding carboxylic acids is 1. The maximum absolute atomic E-state index is 14.3. The van der Waals surface area contributed by atoms with Crippen molar-refractivity contribution in [2.45, 2.75) is 38.1 Å². The van der Waals surface area contributed by atoms with E-state index in [2.05, 4.69) is 25.3 Å². The fourth-order valence-corrected chi connectivity index (χ4v) is 4.36. The van der Waals surface area contributed by atoms with Gasteiger partial charge in [-0.05, 0) is 53.8 Å². The van der Waals surface area contributed by atoms with Gasteiger partial charge in [-0.1, -0.05) is 12.8 Å². The summed E-state index contributed by atoms with van der Waals surface area (Å²) in [5, 5.41) is 2.81. The third kappa shape index (κ3) is 4.26. The average Bonchev–Trinajstić information content (AvgIpc) is 3.48. The highest BCUT2D eigenvalue weighted by Gasteiger charge is 2.23. The Morgan fingerprint density at radius 3 is 2.79 bits per heavy atom. The number of aryl methyl sites for hydroxylation is 1. The van der Waals surface area contributed by atoms with Crippen LogP contribution in [0.1, 0.15) is 53.5 Å². The molecule has 0 atom stereocenters. The number of pyridine rings is 1. The fraction of sp³-hybridized carbons (Fsp3) is 0.292. The summed E-state index contributed by atoms with van der Waals surface area (Å²) in [4.78, 5) is 40.7. The van der Waals surface area contributed by atoms with Crippen LogP contribution in [0.5, 0.6) is 0 Å². The van der Waals surface area contributed by atoms with Crippen LogP contribution >= 0.6 is 0 Å². The largest absolute Gasteiger partial charge is 0.347 e. The molecular weight excluding hydrogens is 423 g/mol. The van der Waals surface area contributed by atoms with Crippen molar-refractivity contribution in [3.63, 3.8) is 0 Å². The Bertz CT molecular complexity index is 1400. The van der Waals surface area contributed by atoms with E-state index in [-0.39, 0.29) is 17.8 Å². The summed E-state index contributed by atoms with van der Waals surface area (Å²) in [5.41, 5.74) is 2.98. The molecular formula is C24H23FN6O2. The smallest absolute Gasteiger partial charge is 0.272 e. The van der Waals surface area contributed by atoms with E-state index in [0.29, 0.717) is 33.8 Å². The normalized spacial score (nSPS) is 14.1. The first-order valence-electron chi connectivity index (χ1n) is 10.9. The lowest BCUT2D eigenvalue weighted by Gasteiger charge is -2.09. The summed E-state index contributed by atoms with van der Waals surface area (Å²) in [6.07, 6.45) is 7.48. The Balaban J connectivity index is 1.37. The number of halogens is 1. The van der Waals surface area contributed by atoms with Crippen LogP contribution < -0.4 is 10.9 Å². The van der Waals surface area contributed by atoms with Crippen molar-refractivity contribution in [1.29, 1.82) is 0 Å². The van der Waals surface area contributed by atoms with Crippen LogP contribution in [-0.2, 0) is 13.6 Å². The minimum Gasteiger partial charge on any atom is -0.347 e. The Morgan fingerprint density at radius 2 is 2.00 bits per heavy atom. The number of H-pyrrole nitrogens is 1. The van der Waals surface area contributed by atoms with E-state index >= 15 is 0 Å². The molecule has 5 rings (SSSR count). The third-order valence-corrected chi connectivity index (χ3v) is 6.09. The standard InChI is InChI=1S/C24H23FN6O2/c1-31-12-16(6-7-19(31)32)17-8-14(9-18(25)10-17)11-26-24(33)21-20-23(28-13-27-21)30-22(29-20)15-4-2-3-5-15/h6-10,12-13,15H,2-5,11H2,1H3,(H,26,33)(H,27,28,29,30). The van der Waals surface area contributed by atoms with Gasteiger partial charge < -0.3 is 14.9 Å². The summed E-state index contributed by atoms with van der Waals surface area (Å²) >= 11 is 0. The van der Waals surface area contributed by atoms with Crippen molar-refractivity contribution >= 4 is 17.1 Å². The highest BCUT2D eigenvalue weighted by Crippen LogP contribution is 2.33. The van der Waals surface area contributed by atoms with Gasteiger partial charge in [0.1, 0.15) is 23.5 Å². The third-order valence-electron chi connectivity index (χ3n) is 6.09. The van der Waals surface area contributed by atoms with Crippen molar-refractivity contribution in [2.24, 2.45) is 7.05 Å². The number of hydrogen-bond acceptors (Lipinski definition) is 5. The molecule has 1 saturated carbocycles. The van der Waals surface area contributed by atoms with Crippen molar-refractivity contribution in [3.05, 3.63) is 76.1 Å². The maximum atomic E-state index is 14.3. The van der Waals surface area contributed by atoms with Crippen molar-refractivity contribution in [3.8, 4) is 11.1 Å². The summed E-state index contributed by atoms with van der Waals surface area (Å²) in [6, 6.07) is 7.64. The molecule has 0 spiro atoms. The molecule has 8 nitrogen and oxygen atoms in total. The first kappa shape index (κ1) is 21.0. The molecule has 168 valence electrons. The molecule has 4 aromatic rings. The lowest BCUT2D eigenvalue weighted by Crippen LogP contribution is -2.24. The first-order valence-corrected chi connectivity index (χ1v) is 10.9. The van der Waals surface area contributed by atoms with Crippen LogP contribution in [0.3, 0.4) is 0 Å². The van der Waals surface area contributed by atoms with E-state index in [4.69, 9.17) is 0 Å². The summed E-state index contributed by atoms with van der Waals surface area (Å²) in [6.45, 7) is 0.116. The number of nitrogens with zero attached hydrogens (tertiary/aromatic N) is 4. The summed E-state index contributed by atoms with van der Waals surface area (Å²) < 4.78 is 15.7. The SMILES string of the molecule is Cn1cc(-c2cc(F)cc(CNC(=O)c3ncnc4nc(C5CCCC5)[nH]c34)c2)ccc1=O. The number of fused-ring (bicyclic) bond motifs is 1. The number of benzene rings is 1. The van der Waals surface area contributed by atoms with Gasteiger partial charge in [-0.25, -0.2) is 19.3 Å². The molecule has 0 saturated heterocycles. The molecule has 2 N–H and O–H groups in total. The van der Waals surface area contributed by atoms with Crippen molar-refractivity contribution in [2.75, 3.05) is 0 Å². The molecule has 3 heterocycles. The van der Waals surface area contributed by atoms with Gasteiger partial charge in [0, 0.05) is 31.8 Å². The molecule has 1 fully saturated rings. The molecule has 0 bridgehead atoms. The maximum Gasteiger partial charge on any atom is 0.272 e. The van der Waals surface area contributed by atoms with Crippen molar-refractivity contribution < 1.29 is 9.18 Å². The number of carbonyl (C=O) groups is 1. The first-order chi connectivity index (χ1) is 16.0. The van der Waals surface area contributed by atoms with Gasteiger partial charge in [0.25, 0.3) is 5.91 Å². The van der Waals surface area contributed by atoms with Crippen LogP contribution in [0.15, 0.2) is 47.7 Å².